The Hall–Kier alpha value is -1.75. The van der Waals surface area contributed by atoms with Crippen molar-refractivity contribution in [1.82, 2.24) is 0 Å². The van der Waals surface area contributed by atoms with Crippen LogP contribution in [0.5, 0.6) is 0 Å². The summed E-state index contributed by atoms with van der Waals surface area (Å²) < 4.78 is 5.22. The number of rotatable bonds is 4. The van der Waals surface area contributed by atoms with Crippen molar-refractivity contribution in [2.45, 2.75) is 25.0 Å². The van der Waals surface area contributed by atoms with E-state index in [4.69, 9.17) is 10.5 Å². The number of carbonyl (C=O) groups excluding carboxylic acids is 1. The second-order valence-electron chi connectivity index (χ2n) is 4.24. The molecule has 0 aromatic heterocycles. The Morgan fingerprint density at radius 1 is 1.41 bits per heavy atom. The van der Waals surface area contributed by atoms with Crippen LogP contribution in [0.15, 0.2) is 24.3 Å². The largest absolute Gasteiger partial charge is 0.382 e. The van der Waals surface area contributed by atoms with Gasteiger partial charge in [-0.25, -0.2) is 4.79 Å². The topological polar surface area (TPSA) is 76.4 Å². The minimum Gasteiger partial charge on any atom is -0.382 e. The number of urea groups is 1. The second-order valence-corrected chi connectivity index (χ2v) is 4.24. The van der Waals surface area contributed by atoms with Crippen LogP contribution in [-0.2, 0) is 4.74 Å². The predicted molar refractivity (Wildman–Crippen MR) is 67.1 cm³/mol. The van der Waals surface area contributed by atoms with Crippen LogP contribution < -0.4 is 16.4 Å². The molecule has 1 aliphatic carbocycles. The van der Waals surface area contributed by atoms with Gasteiger partial charge < -0.3 is 21.1 Å². The van der Waals surface area contributed by atoms with E-state index in [1.807, 2.05) is 18.2 Å². The first kappa shape index (κ1) is 11.7. The van der Waals surface area contributed by atoms with E-state index in [1.165, 1.54) is 0 Å². The Balaban J connectivity index is 1.90. The van der Waals surface area contributed by atoms with Crippen LogP contribution in [0.25, 0.3) is 0 Å². The number of ether oxygens (including phenoxy) is 1. The first-order chi connectivity index (χ1) is 8.17. The summed E-state index contributed by atoms with van der Waals surface area (Å²) in [6, 6.07) is 7.40. The summed E-state index contributed by atoms with van der Waals surface area (Å²) in [5.41, 5.74) is 6.74. The number of hydrogen-bond acceptors (Lipinski definition) is 3. The maximum Gasteiger partial charge on any atom is 0.316 e. The van der Waals surface area contributed by atoms with E-state index < -0.39 is 6.03 Å². The van der Waals surface area contributed by atoms with E-state index in [1.54, 1.807) is 13.2 Å². The summed E-state index contributed by atoms with van der Waals surface area (Å²) in [7, 11) is 1.73. The van der Waals surface area contributed by atoms with Crippen molar-refractivity contribution in [3.63, 3.8) is 0 Å². The first-order valence-corrected chi connectivity index (χ1v) is 5.63. The highest BCUT2D eigenvalue weighted by atomic mass is 16.5. The van der Waals surface area contributed by atoms with Gasteiger partial charge in [0.05, 0.1) is 6.10 Å². The minimum absolute atomic E-state index is 0.374. The molecule has 0 atom stereocenters. The third kappa shape index (κ3) is 3.10. The van der Waals surface area contributed by atoms with Gasteiger partial charge in [-0.2, -0.15) is 0 Å². The number of carbonyl (C=O) groups is 1. The molecule has 5 heteroatoms. The summed E-state index contributed by atoms with van der Waals surface area (Å²) in [6.45, 7) is 0. The molecular formula is C12H17N3O2. The quantitative estimate of drug-likeness (QED) is 0.744. The van der Waals surface area contributed by atoms with Gasteiger partial charge >= 0.3 is 6.03 Å². The Bertz CT molecular complexity index is 402. The average Bonchev–Trinajstić information content (AvgIpc) is 2.22. The standard InChI is InChI=1S/C12H17N3O2/c1-17-11-6-10(7-11)14-8-3-2-4-9(5-8)15-12(13)16/h2-5,10-11,14H,6-7H2,1H3,(H3,13,15,16). The number of methoxy groups -OCH3 is 1. The van der Waals surface area contributed by atoms with Crippen molar-refractivity contribution < 1.29 is 9.53 Å². The van der Waals surface area contributed by atoms with Crippen molar-refractivity contribution in [1.29, 1.82) is 0 Å². The summed E-state index contributed by atoms with van der Waals surface area (Å²) >= 11 is 0. The Labute approximate surface area is 100 Å². The van der Waals surface area contributed by atoms with E-state index in [0.717, 1.165) is 18.5 Å². The van der Waals surface area contributed by atoms with E-state index in [0.29, 0.717) is 17.8 Å². The molecule has 1 aromatic carbocycles. The Kier molecular flexibility index (Phi) is 3.49. The lowest BCUT2D eigenvalue weighted by Gasteiger charge is -2.35. The fourth-order valence-corrected chi connectivity index (χ4v) is 1.94. The van der Waals surface area contributed by atoms with E-state index in [9.17, 15) is 4.79 Å². The van der Waals surface area contributed by atoms with Crippen LogP contribution in [-0.4, -0.2) is 25.3 Å². The van der Waals surface area contributed by atoms with Crippen LogP contribution in [0.1, 0.15) is 12.8 Å². The highest BCUT2D eigenvalue weighted by Gasteiger charge is 2.28. The summed E-state index contributed by atoms with van der Waals surface area (Å²) in [6.07, 6.45) is 2.41. The van der Waals surface area contributed by atoms with Crippen LogP contribution >= 0.6 is 0 Å². The number of nitrogens with two attached hydrogens (primary N) is 1. The monoisotopic (exact) mass is 235 g/mol. The van der Waals surface area contributed by atoms with Crippen LogP contribution in [0, 0.1) is 0 Å². The van der Waals surface area contributed by atoms with Gasteiger partial charge in [-0.3, -0.25) is 0 Å². The number of primary amides is 1. The maximum absolute atomic E-state index is 10.7. The molecule has 2 amide bonds. The van der Waals surface area contributed by atoms with Gasteiger partial charge in [-0.05, 0) is 31.0 Å². The fraction of sp³-hybridized carbons (Fsp3) is 0.417. The number of anilines is 2. The molecule has 0 aliphatic heterocycles. The van der Waals surface area contributed by atoms with Gasteiger partial charge in [0.2, 0.25) is 0 Å². The lowest BCUT2D eigenvalue weighted by Crippen LogP contribution is -2.40. The number of amides is 2. The zero-order valence-electron chi connectivity index (χ0n) is 9.77. The molecule has 17 heavy (non-hydrogen) atoms. The molecule has 0 bridgehead atoms. The molecule has 1 saturated carbocycles. The molecule has 0 heterocycles. The molecular weight excluding hydrogens is 218 g/mol. The molecule has 4 N–H and O–H groups in total. The highest BCUT2D eigenvalue weighted by Crippen LogP contribution is 2.27. The Morgan fingerprint density at radius 3 is 2.76 bits per heavy atom. The van der Waals surface area contributed by atoms with E-state index >= 15 is 0 Å². The van der Waals surface area contributed by atoms with Crippen molar-refractivity contribution in [3.05, 3.63) is 24.3 Å². The highest BCUT2D eigenvalue weighted by molar-refractivity contribution is 5.88. The van der Waals surface area contributed by atoms with Crippen molar-refractivity contribution in [3.8, 4) is 0 Å². The Morgan fingerprint density at radius 2 is 2.12 bits per heavy atom. The third-order valence-corrected chi connectivity index (χ3v) is 2.93. The van der Waals surface area contributed by atoms with E-state index in [2.05, 4.69) is 10.6 Å². The summed E-state index contributed by atoms with van der Waals surface area (Å²) in [4.78, 5) is 10.7. The molecule has 0 radical (unpaired) electrons. The molecule has 0 spiro atoms. The minimum atomic E-state index is -0.551. The van der Waals surface area contributed by atoms with Crippen LogP contribution in [0.3, 0.4) is 0 Å². The van der Waals surface area contributed by atoms with Crippen LogP contribution in [0.2, 0.25) is 0 Å². The van der Waals surface area contributed by atoms with Crippen LogP contribution in [0.4, 0.5) is 16.2 Å². The fourth-order valence-electron chi connectivity index (χ4n) is 1.94. The maximum atomic E-state index is 10.7. The molecule has 1 aliphatic rings. The van der Waals surface area contributed by atoms with Gasteiger partial charge in [0.25, 0.3) is 0 Å². The van der Waals surface area contributed by atoms with Crippen molar-refractivity contribution >= 4 is 17.4 Å². The number of hydrogen-bond donors (Lipinski definition) is 3. The third-order valence-electron chi connectivity index (χ3n) is 2.93. The normalized spacial score (nSPS) is 22.6. The summed E-state index contributed by atoms with van der Waals surface area (Å²) in [5.74, 6) is 0. The SMILES string of the molecule is COC1CC(Nc2cccc(NC(N)=O)c2)C1. The average molecular weight is 235 g/mol. The first-order valence-electron chi connectivity index (χ1n) is 5.63. The molecule has 92 valence electrons. The number of benzene rings is 1. The van der Waals surface area contributed by atoms with Gasteiger partial charge in [-0.15, -0.1) is 0 Å². The smallest absolute Gasteiger partial charge is 0.316 e. The molecule has 1 aromatic rings. The van der Waals surface area contributed by atoms with Gasteiger partial charge in [0.15, 0.2) is 0 Å². The van der Waals surface area contributed by atoms with Crippen molar-refractivity contribution in [2.24, 2.45) is 5.73 Å². The lowest BCUT2D eigenvalue weighted by molar-refractivity contribution is 0.0329. The van der Waals surface area contributed by atoms with Gasteiger partial charge in [0.1, 0.15) is 0 Å². The zero-order valence-corrected chi connectivity index (χ0v) is 9.77. The van der Waals surface area contributed by atoms with Crippen molar-refractivity contribution in [2.75, 3.05) is 17.7 Å². The van der Waals surface area contributed by atoms with E-state index in [-0.39, 0.29) is 0 Å². The molecule has 0 saturated heterocycles. The number of nitrogens with one attached hydrogen (secondary N) is 2. The molecule has 2 rings (SSSR count). The van der Waals surface area contributed by atoms with Gasteiger partial charge in [0, 0.05) is 24.5 Å². The molecule has 5 nitrogen and oxygen atoms in total. The zero-order chi connectivity index (χ0) is 12.3. The lowest BCUT2D eigenvalue weighted by atomic mass is 9.89. The predicted octanol–water partition coefficient (Wildman–Crippen LogP) is 1.77. The second kappa shape index (κ2) is 5.05. The summed E-state index contributed by atoms with van der Waals surface area (Å²) in [5, 5.41) is 5.93. The van der Waals surface area contributed by atoms with Gasteiger partial charge in [-0.1, -0.05) is 6.07 Å². The molecule has 1 fully saturated rings. The molecule has 0 unspecified atom stereocenters.